The van der Waals surface area contributed by atoms with E-state index in [9.17, 15) is 9.59 Å². The molecule has 0 aliphatic carbocycles. The zero-order valence-corrected chi connectivity index (χ0v) is 18.1. The van der Waals surface area contributed by atoms with Crippen LogP contribution in [0.4, 0.5) is 0 Å². The maximum atomic E-state index is 13.2. The molecule has 1 aliphatic rings. The average Bonchev–Trinajstić information content (AvgIpc) is 3.09. The fourth-order valence-corrected chi connectivity index (χ4v) is 4.63. The summed E-state index contributed by atoms with van der Waals surface area (Å²) in [6.07, 6.45) is 3.33. The third kappa shape index (κ3) is 5.74. The molecule has 1 aliphatic heterocycles. The van der Waals surface area contributed by atoms with E-state index in [0.717, 1.165) is 19.3 Å². The van der Waals surface area contributed by atoms with Crippen molar-refractivity contribution in [2.24, 2.45) is 11.8 Å². The highest BCUT2D eigenvalue weighted by atomic mass is 32.2. The molecular weight excluding hydrogens is 358 g/mol. The quantitative estimate of drug-likeness (QED) is 0.599. The normalized spacial score (nSPS) is 19.7. The van der Waals surface area contributed by atoms with Gasteiger partial charge in [0, 0.05) is 11.3 Å². The number of thioether (sulfide) groups is 1. The molecule has 1 aromatic carbocycles. The van der Waals surface area contributed by atoms with Crippen LogP contribution in [0, 0.1) is 11.8 Å². The van der Waals surface area contributed by atoms with Crippen molar-refractivity contribution in [3.8, 4) is 0 Å². The van der Waals surface area contributed by atoms with Crippen LogP contribution in [0.5, 0.6) is 0 Å². The van der Waals surface area contributed by atoms with E-state index in [2.05, 4.69) is 20.8 Å². The molecule has 2 rings (SSSR count). The monoisotopic (exact) mass is 391 g/mol. The average molecular weight is 392 g/mol. The molecule has 0 saturated carbocycles. The second-order valence-electron chi connectivity index (χ2n) is 8.02. The lowest BCUT2D eigenvalue weighted by atomic mass is 10.0. The van der Waals surface area contributed by atoms with E-state index in [4.69, 9.17) is 4.74 Å². The molecule has 2 atom stereocenters. The molecule has 0 bridgehead atoms. The Balaban J connectivity index is 2.17. The lowest BCUT2D eigenvalue weighted by Gasteiger charge is -2.30. The Hall–Kier alpha value is -1.49. The summed E-state index contributed by atoms with van der Waals surface area (Å²) in [5.41, 5.74) is 1.89. The van der Waals surface area contributed by atoms with Gasteiger partial charge < -0.3 is 9.64 Å². The SMILES string of the molecule is CCCCc1ccc(C(=O)N2C(C(=O)OCC(C)C)CSC2C(C)C)cc1. The molecule has 0 aromatic heterocycles. The minimum atomic E-state index is -0.506. The van der Waals surface area contributed by atoms with Crippen molar-refractivity contribution in [3.05, 3.63) is 35.4 Å². The number of amides is 1. The first kappa shape index (κ1) is 21.8. The highest BCUT2D eigenvalue weighted by Crippen LogP contribution is 2.35. The largest absolute Gasteiger partial charge is 0.464 e. The summed E-state index contributed by atoms with van der Waals surface area (Å²) < 4.78 is 5.45. The first-order chi connectivity index (χ1) is 12.8. The number of nitrogens with zero attached hydrogens (tertiary/aromatic N) is 1. The topological polar surface area (TPSA) is 46.6 Å². The Morgan fingerprint density at radius 1 is 1.19 bits per heavy atom. The van der Waals surface area contributed by atoms with Gasteiger partial charge in [-0.1, -0.05) is 53.2 Å². The Morgan fingerprint density at radius 2 is 1.85 bits per heavy atom. The molecule has 2 unspecified atom stereocenters. The zero-order valence-electron chi connectivity index (χ0n) is 17.2. The van der Waals surface area contributed by atoms with Crippen LogP contribution in [-0.4, -0.2) is 40.6 Å². The molecule has 4 nitrogen and oxygen atoms in total. The second kappa shape index (κ2) is 10.2. The van der Waals surface area contributed by atoms with Gasteiger partial charge in [0.05, 0.1) is 12.0 Å². The molecule has 27 heavy (non-hydrogen) atoms. The van der Waals surface area contributed by atoms with Crippen molar-refractivity contribution < 1.29 is 14.3 Å². The zero-order chi connectivity index (χ0) is 20.0. The van der Waals surface area contributed by atoms with Crippen LogP contribution < -0.4 is 0 Å². The predicted octanol–water partition coefficient (Wildman–Crippen LogP) is 4.77. The number of hydrogen-bond acceptors (Lipinski definition) is 4. The molecule has 1 saturated heterocycles. The number of benzene rings is 1. The summed E-state index contributed by atoms with van der Waals surface area (Å²) in [4.78, 5) is 27.6. The number of unbranched alkanes of at least 4 members (excludes halogenated alkanes) is 1. The van der Waals surface area contributed by atoms with E-state index in [-0.39, 0.29) is 29.1 Å². The lowest BCUT2D eigenvalue weighted by Crippen LogP contribution is -2.48. The van der Waals surface area contributed by atoms with Gasteiger partial charge in [-0.15, -0.1) is 11.8 Å². The number of carbonyl (C=O) groups is 2. The molecule has 150 valence electrons. The summed E-state index contributed by atoms with van der Waals surface area (Å²) in [6, 6.07) is 7.34. The Kier molecular flexibility index (Phi) is 8.21. The second-order valence-corrected chi connectivity index (χ2v) is 9.17. The van der Waals surface area contributed by atoms with Gasteiger partial charge in [0.25, 0.3) is 5.91 Å². The summed E-state index contributed by atoms with van der Waals surface area (Å²) in [5, 5.41) is -0.00568. The van der Waals surface area contributed by atoms with Crippen LogP contribution in [-0.2, 0) is 16.0 Å². The molecule has 0 spiro atoms. The van der Waals surface area contributed by atoms with E-state index in [0.29, 0.717) is 17.9 Å². The Labute approximate surface area is 168 Å². The number of rotatable bonds is 8. The van der Waals surface area contributed by atoms with Crippen molar-refractivity contribution >= 4 is 23.6 Å². The summed E-state index contributed by atoms with van der Waals surface area (Å²) in [6.45, 7) is 10.8. The van der Waals surface area contributed by atoms with E-state index in [1.165, 1.54) is 5.56 Å². The summed E-state index contributed by atoms with van der Waals surface area (Å²) >= 11 is 1.67. The van der Waals surface area contributed by atoms with Crippen molar-refractivity contribution in [1.82, 2.24) is 4.90 Å². The van der Waals surface area contributed by atoms with Gasteiger partial charge >= 0.3 is 5.97 Å². The van der Waals surface area contributed by atoms with Crippen molar-refractivity contribution in [2.75, 3.05) is 12.4 Å². The van der Waals surface area contributed by atoms with Crippen LogP contribution in [0.15, 0.2) is 24.3 Å². The minimum Gasteiger partial charge on any atom is -0.464 e. The third-order valence-electron chi connectivity index (χ3n) is 4.69. The standard InChI is InChI=1S/C22H33NO3S/c1-6-7-8-17-9-11-18(12-10-17)20(24)23-19(14-27-21(23)16(4)5)22(25)26-13-15(2)3/h9-12,15-16,19,21H,6-8,13-14H2,1-5H3. The van der Waals surface area contributed by atoms with Gasteiger partial charge in [-0.3, -0.25) is 4.79 Å². The molecule has 5 heteroatoms. The van der Waals surface area contributed by atoms with Crippen LogP contribution in [0.2, 0.25) is 0 Å². The Bertz CT molecular complexity index is 627. The van der Waals surface area contributed by atoms with Gasteiger partial charge in [-0.05, 0) is 42.4 Å². The molecule has 1 heterocycles. The third-order valence-corrected chi connectivity index (χ3v) is 6.31. The number of ether oxygens (including phenoxy) is 1. The lowest BCUT2D eigenvalue weighted by molar-refractivity contribution is -0.149. The molecule has 1 aromatic rings. The van der Waals surface area contributed by atoms with Gasteiger partial charge in [-0.25, -0.2) is 4.79 Å². The molecule has 0 radical (unpaired) electrons. The van der Waals surface area contributed by atoms with Crippen LogP contribution in [0.25, 0.3) is 0 Å². The van der Waals surface area contributed by atoms with Gasteiger partial charge in [0.1, 0.15) is 6.04 Å². The minimum absolute atomic E-state index is 0.00568. The van der Waals surface area contributed by atoms with E-state index in [1.807, 2.05) is 38.1 Å². The molecule has 0 N–H and O–H groups in total. The van der Waals surface area contributed by atoms with Crippen LogP contribution in [0.3, 0.4) is 0 Å². The number of hydrogen-bond donors (Lipinski definition) is 0. The predicted molar refractivity (Wildman–Crippen MR) is 112 cm³/mol. The van der Waals surface area contributed by atoms with Gasteiger partial charge in [0.2, 0.25) is 0 Å². The summed E-state index contributed by atoms with van der Waals surface area (Å²) in [5.74, 6) is 0.786. The summed E-state index contributed by atoms with van der Waals surface area (Å²) in [7, 11) is 0. The van der Waals surface area contributed by atoms with Gasteiger partial charge in [0.15, 0.2) is 0 Å². The van der Waals surface area contributed by atoms with E-state index < -0.39 is 6.04 Å². The highest BCUT2D eigenvalue weighted by Gasteiger charge is 2.43. The molecule has 1 amide bonds. The van der Waals surface area contributed by atoms with Crippen molar-refractivity contribution in [1.29, 1.82) is 0 Å². The highest BCUT2D eigenvalue weighted by molar-refractivity contribution is 8.00. The fraction of sp³-hybridized carbons (Fsp3) is 0.636. The van der Waals surface area contributed by atoms with Gasteiger partial charge in [-0.2, -0.15) is 0 Å². The Morgan fingerprint density at radius 3 is 2.41 bits per heavy atom. The maximum absolute atomic E-state index is 13.2. The first-order valence-electron chi connectivity index (χ1n) is 10.0. The van der Waals surface area contributed by atoms with E-state index in [1.54, 1.807) is 16.7 Å². The van der Waals surface area contributed by atoms with Crippen LogP contribution in [0.1, 0.15) is 63.4 Å². The number of carbonyl (C=O) groups excluding carboxylic acids is 2. The number of aryl methyl sites for hydroxylation is 1. The number of esters is 1. The fourth-order valence-electron chi connectivity index (χ4n) is 3.17. The molecule has 1 fully saturated rings. The van der Waals surface area contributed by atoms with Crippen LogP contribution >= 0.6 is 11.8 Å². The smallest absolute Gasteiger partial charge is 0.329 e. The van der Waals surface area contributed by atoms with E-state index >= 15 is 0 Å². The van der Waals surface area contributed by atoms with Crippen molar-refractivity contribution in [2.45, 2.75) is 65.3 Å². The van der Waals surface area contributed by atoms with Crippen molar-refractivity contribution in [3.63, 3.8) is 0 Å². The maximum Gasteiger partial charge on any atom is 0.329 e. The first-order valence-corrected chi connectivity index (χ1v) is 11.1. The molecular formula is C22H33NO3S.